The summed E-state index contributed by atoms with van der Waals surface area (Å²) in [5.74, 6) is -0.155. The molecule has 4 unspecified atom stereocenters. The van der Waals surface area contributed by atoms with Gasteiger partial charge in [-0.15, -0.1) is 0 Å². The summed E-state index contributed by atoms with van der Waals surface area (Å²) in [5.41, 5.74) is 0.607. The van der Waals surface area contributed by atoms with E-state index in [1.54, 1.807) is 24.3 Å². The predicted octanol–water partition coefficient (Wildman–Crippen LogP) is 3.23. The van der Waals surface area contributed by atoms with Gasteiger partial charge in [-0.3, -0.25) is 9.59 Å². The third-order valence-corrected chi connectivity index (χ3v) is 5.48. The molecule has 2 aliphatic carbocycles. The Labute approximate surface area is 148 Å². The van der Waals surface area contributed by atoms with Gasteiger partial charge in [0.2, 0.25) is 0 Å². The van der Waals surface area contributed by atoms with Crippen LogP contribution in [0.1, 0.15) is 12.2 Å². The smallest absolute Gasteiger partial charge is 0.254 e. The number of benzene rings is 1. The van der Waals surface area contributed by atoms with Crippen LogP contribution in [0.15, 0.2) is 58.1 Å². The van der Waals surface area contributed by atoms with Crippen molar-refractivity contribution >= 4 is 18.0 Å². The number of hydrogen-bond acceptors (Lipinski definition) is 4. The van der Waals surface area contributed by atoms with Gasteiger partial charge >= 0.3 is 0 Å². The van der Waals surface area contributed by atoms with Gasteiger partial charge < -0.3 is 4.42 Å². The van der Waals surface area contributed by atoms with E-state index in [2.05, 4.69) is 5.10 Å². The Kier molecular flexibility index (Phi) is 3.22. The van der Waals surface area contributed by atoms with Gasteiger partial charge in [-0.1, -0.05) is 24.3 Å². The molecule has 0 spiro atoms. The maximum atomic E-state index is 13.3. The van der Waals surface area contributed by atoms with Crippen LogP contribution in [0.4, 0.5) is 4.39 Å². The number of amides is 2. The fourth-order valence-corrected chi connectivity index (χ4v) is 4.33. The van der Waals surface area contributed by atoms with E-state index in [0.29, 0.717) is 17.1 Å². The number of fused-ring (bicyclic) bond motifs is 5. The van der Waals surface area contributed by atoms with Crippen molar-refractivity contribution < 1.29 is 18.4 Å². The molecule has 0 N–H and O–H groups in total. The van der Waals surface area contributed by atoms with Gasteiger partial charge in [0.25, 0.3) is 11.8 Å². The second-order valence-corrected chi connectivity index (χ2v) is 6.95. The lowest BCUT2D eigenvalue weighted by atomic mass is 9.85. The van der Waals surface area contributed by atoms with Gasteiger partial charge in [0.05, 0.1) is 18.1 Å². The number of rotatable bonds is 3. The first-order valence-electron chi connectivity index (χ1n) is 8.58. The normalized spacial score (nSPS) is 29.3. The summed E-state index contributed by atoms with van der Waals surface area (Å²) in [6.45, 7) is 0. The number of allylic oxidation sites excluding steroid dienone is 2. The largest absolute Gasteiger partial charge is 0.455 e. The third-order valence-electron chi connectivity index (χ3n) is 5.48. The lowest BCUT2D eigenvalue weighted by Crippen LogP contribution is -2.28. The summed E-state index contributed by atoms with van der Waals surface area (Å²) in [5, 5.41) is 5.05. The highest BCUT2D eigenvalue weighted by Crippen LogP contribution is 2.52. The molecule has 1 aromatic carbocycles. The lowest BCUT2D eigenvalue weighted by Gasteiger charge is -2.13. The molecule has 4 atom stereocenters. The van der Waals surface area contributed by atoms with E-state index in [9.17, 15) is 14.0 Å². The molecular formula is C20H15FN2O3. The van der Waals surface area contributed by atoms with Crippen LogP contribution in [0, 0.1) is 29.5 Å². The zero-order valence-electron chi connectivity index (χ0n) is 13.7. The molecule has 0 radical (unpaired) electrons. The average Bonchev–Trinajstić information content (AvgIpc) is 3.39. The van der Waals surface area contributed by atoms with Gasteiger partial charge in [-0.05, 0) is 42.5 Å². The standard InChI is InChI=1S/C20H15FN2O3/c21-14-3-1-2-11(9-14)16-7-6-15(26-16)10-22-23-19(24)17-12-4-5-13(8-12)18(17)20(23)25/h1-7,9-10,12-13,17-18H,8H2. The van der Waals surface area contributed by atoms with Crippen LogP contribution in [0.5, 0.6) is 0 Å². The fourth-order valence-electron chi connectivity index (χ4n) is 4.33. The van der Waals surface area contributed by atoms with E-state index >= 15 is 0 Å². The van der Waals surface area contributed by atoms with E-state index in [0.717, 1.165) is 11.4 Å². The van der Waals surface area contributed by atoms with Crippen LogP contribution in [-0.4, -0.2) is 23.0 Å². The molecule has 130 valence electrons. The molecule has 1 aliphatic heterocycles. The molecule has 2 bridgehead atoms. The predicted molar refractivity (Wildman–Crippen MR) is 91.3 cm³/mol. The molecule has 1 aromatic heterocycles. The maximum absolute atomic E-state index is 13.3. The molecule has 2 amide bonds. The monoisotopic (exact) mass is 350 g/mol. The summed E-state index contributed by atoms with van der Waals surface area (Å²) in [6.07, 6.45) is 6.33. The van der Waals surface area contributed by atoms with E-state index in [-0.39, 0.29) is 41.3 Å². The highest BCUT2D eigenvalue weighted by atomic mass is 19.1. The van der Waals surface area contributed by atoms with Gasteiger partial charge in [-0.2, -0.15) is 10.1 Å². The summed E-state index contributed by atoms with van der Waals surface area (Å²) in [6, 6.07) is 9.43. The van der Waals surface area contributed by atoms with Crippen molar-refractivity contribution in [3.8, 4) is 11.3 Å². The van der Waals surface area contributed by atoms with Crippen molar-refractivity contribution in [3.05, 3.63) is 60.1 Å². The minimum Gasteiger partial charge on any atom is -0.455 e. The van der Waals surface area contributed by atoms with Crippen LogP contribution in [0.25, 0.3) is 11.3 Å². The zero-order chi connectivity index (χ0) is 17.8. The summed E-state index contributed by atoms with van der Waals surface area (Å²) >= 11 is 0. The van der Waals surface area contributed by atoms with E-state index < -0.39 is 0 Å². The van der Waals surface area contributed by atoms with Crippen LogP contribution in [0.2, 0.25) is 0 Å². The molecule has 6 heteroatoms. The second kappa shape index (κ2) is 5.49. The topological polar surface area (TPSA) is 62.9 Å². The summed E-state index contributed by atoms with van der Waals surface area (Å²) in [4.78, 5) is 25.1. The molecule has 2 aromatic rings. The Hall–Kier alpha value is -3.02. The molecule has 3 aliphatic rings. The number of halogens is 1. The number of hydrazone groups is 1. The van der Waals surface area contributed by atoms with E-state index in [1.807, 2.05) is 12.2 Å². The third kappa shape index (κ3) is 2.18. The van der Waals surface area contributed by atoms with Crippen molar-refractivity contribution in [3.63, 3.8) is 0 Å². The van der Waals surface area contributed by atoms with Crippen LogP contribution in [-0.2, 0) is 9.59 Å². The number of imide groups is 1. The van der Waals surface area contributed by atoms with Gasteiger partial charge in [-0.25, -0.2) is 4.39 Å². The molecular weight excluding hydrogens is 335 g/mol. The number of hydrogen-bond donors (Lipinski definition) is 0. The van der Waals surface area contributed by atoms with Gasteiger partial charge in [0.15, 0.2) is 0 Å². The van der Waals surface area contributed by atoms with Gasteiger partial charge in [0, 0.05) is 5.56 Å². The SMILES string of the molecule is O=C1C2C3C=CC(C3)C2C(=O)N1N=Cc1ccc(-c2cccc(F)c2)o1. The lowest BCUT2D eigenvalue weighted by molar-refractivity contribution is -0.140. The molecule has 5 rings (SSSR count). The Balaban J connectivity index is 1.37. The first kappa shape index (κ1) is 15.3. The number of carbonyl (C=O) groups is 2. The Morgan fingerprint density at radius 3 is 2.50 bits per heavy atom. The minimum absolute atomic E-state index is 0.157. The first-order valence-corrected chi connectivity index (χ1v) is 8.58. The molecule has 1 saturated carbocycles. The highest BCUT2D eigenvalue weighted by Gasteiger charge is 2.59. The van der Waals surface area contributed by atoms with Crippen molar-refractivity contribution in [2.24, 2.45) is 28.8 Å². The highest BCUT2D eigenvalue weighted by molar-refractivity contribution is 6.06. The van der Waals surface area contributed by atoms with Crippen LogP contribution >= 0.6 is 0 Å². The van der Waals surface area contributed by atoms with E-state index in [1.165, 1.54) is 18.3 Å². The maximum Gasteiger partial charge on any atom is 0.254 e. The van der Waals surface area contributed by atoms with Gasteiger partial charge in [0.1, 0.15) is 17.3 Å². The quantitative estimate of drug-likeness (QED) is 0.485. The number of nitrogens with zero attached hydrogens (tertiary/aromatic N) is 2. The summed E-state index contributed by atoms with van der Waals surface area (Å²) in [7, 11) is 0. The summed E-state index contributed by atoms with van der Waals surface area (Å²) < 4.78 is 19.0. The Morgan fingerprint density at radius 1 is 1.08 bits per heavy atom. The molecule has 26 heavy (non-hydrogen) atoms. The zero-order valence-corrected chi connectivity index (χ0v) is 13.7. The van der Waals surface area contributed by atoms with Crippen LogP contribution in [0.3, 0.4) is 0 Å². The number of furan rings is 1. The van der Waals surface area contributed by atoms with Crippen LogP contribution < -0.4 is 0 Å². The first-order chi connectivity index (χ1) is 12.6. The molecule has 5 nitrogen and oxygen atoms in total. The Morgan fingerprint density at radius 2 is 1.81 bits per heavy atom. The Bertz CT molecular complexity index is 947. The average molecular weight is 350 g/mol. The molecule has 1 saturated heterocycles. The van der Waals surface area contributed by atoms with Crippen molar-refractivity contribution in [1.29, 1.82) is 0 Å². The van der Waals surface area contributed by atoms with Crippen molar-refractivity contribution in [1.82, 2.24) is 5.01 Å². The molecule has 2 fully saturated rings. The van der Waals surface area contributed by atoms with Crippen molar-refractivity contribution in [2.45, 2.75) is 6.42 Å². The molecule has 2 heterocycles. The van der Waals surface area contributed by atoms with E-state index in [4.69, 9.17) is 4.42 Å². The number of carbonyl (C=O) groups excluding carboxylic acids is 2. The minimum atomic E-state index is -0.350. The second-order valence-electron chi connectivity index (χ2n) is 6.95. The fraction of sp³-hybridized carbons (Fsp3) is 0.250. The van der Waals surface area contributed by atoms with Crippen molar-refractivity contribution in [2.75, 3.05) is 0 Å².